The smallest absolute Gasteiger partial charge is 0.408 e. The lowest BCUT2D eigenvalue weighted by Crippen LogP contribution is -2.60. The summed E-state index contributed by atoms with van der Waals surface area (Å²) in [5.74, 6) is -3.94. The predicted octanol–water partition coefficient (Wildman–Crippen LogP) is 3.31. The van der Waals surface area contributed by atoms with Crippen LogP contribution in [0.1, 0.15) is 74.1 Å². The minimum atomic E-state index is -2.76. The van der Waals surface area contributed by atoms with Crippen LogP contribution in [0, 0.1) is 0 Å². The minimum absolute atomic E-state index is 0.0491. The number of carbonyl (C=O) groups excluding carboxylic acids is 3. The molecule has 0 heterocycles. The highest BCUT2D eigenvalue weighted by atomic mass is 19.3. The Morgan fingerprint density at radius 2 is 1.50 bits per heavy atom. The average molecular weight is 406 g/mol. The molecule has 0 spiro atoms. The van der Waals surface area contributed by atoms with Crippen LogP contribution in [0.25, 0.3) is 0 Å². The maximum atomic E-state index is 13.1. The molecule has 0 aromatic rings. The van der Waals surface area contributed by atoms with Crippen molar-refractivity contribution >= 4 is 18.0 Å². The van der Waals surface area contributed by atoms with Crippen LogP contribution in [0.4, 0.5) is 13.6 Å². The molecule has 162 valence electrons. The topological polar surface area (TPSA) is 93.7 Å². The molecule has 1 rings (SSSR count). The molecule has 1 saturated carbocycles. The molecule has 0 aromatic carbocycles. The lowest BCUT2D eigenvalue weighted by atomic mass is 9.75. The summed E-state index contributed by atoms with van der Waals surface area (Å²) in [5.41, 5.74) is -2.50. The van der Waals surface area contributed by atoms with Crippen molar-refractivity contribution in [3.05, 3.63) is 0 Å². The molecule has 2 amide bonds. The fourth-order valence-electron chi connectivity index (χ4n) is 2.92. The van der Waals surface area contributed by atoms with Crippen molar-refractivity contribution in [3.8, 4) is 0 Å². The molecule has 0 aromatic heterocycles. The highest BCUT2D eigenvalue weighted by molar-refractivity contribution is 5.83. The summed E-state index contributed by atoms with van der Waals surface area (Å²) < 4.78 is 36.6. The van der Waals surface area contributed by atoms with E-state index in [2.05, 4.69) is 10.6 Å². The largest absolute Gasteiger partial charge is 0.458 e. The summed E-state index contributed by atoms with van der Waals surface area (Å²) >= 11 is 0. The number of alkyl halides is 2. The number of nitrogens with one attached hydrogen (secondary N) is 2. The average Bonchev–Trinajstić information content (AvgIpc) is 2.36. The number of carbonyl (C=O) groups is 3. The molecule has 7 nitrogen and oxygen atoms in total. The van der Waals surface area contributed by atoms with E-state index >= 15 is 0 Å². The van der Waals surface area contributed by atoms with Crippen LogP contribution in [0.15, 0.2) is 0 Å². The van der Waals surface area contributed by atoms with Gasteiger partial charge < -0.3 is 20.1 Å². The van der Waals surface area contributed by atoms with Crippen LogP contribution >= 0.6 is 0 Å². The zero-order valence-corrected chi connectivity index (χ0v) is 17.7. The number of amides is 2. The van der Waals surface area contributed by atoms with Crippen LogP contribution < -0.4 is 10.6 Å². The first-order valence-corrected chi connectivity index (χ1v) is 9.31. The molecule has 28 heavy (non-hydrogen) atoms. The van der Waals surface area contributed by atoms with Crippen LogP contribution in [0.5, 0.6) is 0 Å². The molecular formula is C19H32F2N2O5. The second-order valence-electron chi connectivity index (χ2n) is 9.59. The molecule has 0 bridgehead atoms. The lowest BCUT2D eigenvalue weighted by molar-refractivity contribution is -0.157. The van der Waals surface area contributed by atoms with Crippen molar-refractivity contribution in [1.29, 1.82) is 0 Å². The maximum absolute atomic E-state index is 13.1. The maximum Gasteiger partial charge on any atom is 0.408 e. The summed E-state index contributed by atoms with van der Waals surface area (Å²) in [5, 5.41) is 4.99. The van der Waals surface area contributed by atoms with Crippen molar-refractivity contribution in [2.45, 2.75) is 103 Å². The Hall–Kier alpha value is -1.93. The van der Waals surface area contributed by atoms with E-state index in [1.807, 2.05) is 0 Å². The third kappa shape index (κ3) is 8.84. The first kappa shape index (κ1) is 24.1. The molecular weight excluding hydrogens is 374 g/mol. The van der Waals surface area contributed by atoms with Gasteiger partial charge in [-0.25, -0.2) is 18.4 Å². The first-order chi connectivity index (χ1) is 12.4. The van der Waals surface area contributed by atoms with Gasteiger partial charge in [0.2, 0.25) is 5.91 Å². The molecule has 2 N–H and O–H groups in total. The molecule has 1 fully saturated rings. The summed E-state index contributed by atoms with van der Waals surface area (Å²) in [6, 6.07) is -1.10. The Morgan fingerprint density at radius 1 is 1.00 bits per heavy atom. The molecule has 1 aliphatic carbocycles. The van der Waals surface area contributed by atoms with Crippen molar-refractivity contribution in [2.24, 2.45) is 0 Å². The van der Waals surface area contributed by atoms with Crippen molar-refractivity contribution in [3.63, 3.8) is 0 Å². The number of esters is 1. The summed E-state index contributed by atoms with van der Waals surface area (Å²) in [4.78, 5) is 36.5. The van der Waals surface area contributed by atoms with Gasteiger partial charge in [0, 0.05) is 24.8 Å². The highest BCUT2D eigenvalue weighted by Crippen LogP contribution is 2.45. The van der Waals surface area contributed by atoms with Gasteiger partial charge in [-0.3, -0.25) is 4.79 Å². The Balaban J connectivity index is 2.67. The fourth-order valence-corrected chi connectivity index (χ4v) is 2.92. The van der Waals surface area contributed by atoms with E-state index in [1.165, 1.54) is 0 Å². The Bertz CT molecular complexity index is 600. The van der Waals surface area contributed by atoms with E-state index in [4.69, 9.17) is 9.47 Å². The zero-order valence-electron chi connectivity index (χ0n) is 17.7. The van der Waals surface area contributed by atoms with Gasteiger partial charge in [-0.15, -0.1) is 0 Å². The number of alkyl carbamates (subject to hydrolysis) is 1. The van der Waals surface area contributed by atoms with E-state index in [-0.39, 0.29) is 12.8 Å². The Labute approximate surface area is 164 Å². The van der Waals surface area contributed by atoms with Crippen molar-refractivity contribution in [1.82, 2.24) is 10.6 Å². The van der Waals surface area contributed by atoms with Crippen LogP contribution in [-0.2, 0) is 19.1 Å². The first-order valence-electron chi connectivity index (χ1n) is 9.31. The van der Waals surface area contributed by atoms with Gasteiger partial charge in [0.05, 0.1) is 0 Å². The van der Waals surface area contributed by atoms with Gasteiger partial charge in [0.25, 0.3) is 5.92 Å². The number of hydrogen-bond acceptors (Lipinski definition) is 5. The van der Waals surface area contributed by atoms with Gasteiger partial charge in [-0.1, -0.05) is 0 Å². The molecule has 1 atom stereocenters. The summed E-state index contributed by atoms with van der Waals surface area (Å²) in [6.07, 6.45) is -1.84. The van der Waals surface area contributed by atoms with E-state index in [1.54, 1.807) is 48.5 Å². The van der Waals surface area contributed by atoms with Gasteiger partial charge in [-0.2, -0.15) is 0 Å². The zero-order chi connectivity index (χ0) is 22.0. The van der Waals surface area contributed by atoms with Gasteiger partial charge in [0.1, 0.15) is 17.2 Å². The number of halogens is 2. The summed E-state index contributed by atoms with van der Waals surface area (Å²) in [6.45, 7) is 11.6. The van der Waals surface area contributed by atoms with Gasteiger partial charge in [-0.05, 0) is 54.9 Å². The lowest BCUT2D eigenvalue weighted by Gasteiger charge is -2.45. The number of rotatable bonds is 6. The Kier molecular flexibility index (Phi) is 7.07. The molecule has 9 heteroatoms. The molecule has 0 saturated heterocycles. The predicted molar refractivity (Wildman–Crippen MR) is 99.0 cm³/mol. The standard InChI is InChI=1S/C19H32F2N2O5/c1-16(2,3)27-14(25)12(22-15(26)28-17(4,5)6)8-9-13(24)23-18(7)10-19(20,21)11-18/h12H,8-11H2,1-7H3,(H,22,26)(H,23,24)/t12-/m0/s1. The molecule has 0 aliphatic heterocycles. The van der Waals surface area contributed by atoms with Crippen LogP contribution in [-0.4, -0.2) is 46.7 Å². The summed E-state index contributed by atoms with van der Waals surface area (Å²) in [7, 11) is 0. The highest BCUT2D eigenvalue weighted by Gasteiger charge is 2.54. The molecule has 0 radical (unpaired) electrons. The van der Waals surface area contributed by atoms with Crippen molar-refractivity contribution < 1.29 is 32.6 Å². The van der Waals surface area contributed by atoms with Crippen molar-refractivity contribution in [2.75, 3.05) is 0 Å². The third-order valence-electron chi connectivity index (χ3n) is 3.78. The number of hydrogen-bond donors (Lipinski definition) is 2. The second kappa shape index (κ2) is 8.21. The molecule has 0 unspecified atom stereocenters. The van der Waals surface area contributed by atoms with Crippen LogP contribution in [0.2, 0.25) is 0 Å². The monoisotopic (exact) mass is 406 g/mol. The van der Waals surface area contributed by atoms with Gasteiger partial charge >= 0.3 is 12.1 Å². The minimum Gasteiger partial charge on any atom is -0.458 e. The van der Waals surface area contributed by atoms with E-state index in [0.717, 1.165) is 0 Å². The van der Waals surface area contributed by atoms with E-state index < -0.39 is 59.5 Å². The quantitative estimate of drug-likeness (QED) is 0.660. The SMILES string of the molecule is CC1(NC(=O)CC[C@H](NC(=O)OC(C)(C)C)C(=O)OC(C)(C)C)CC(F)(F)C1. The normalized spacial score (nSPS) is 19.0. The fraction of sp³-hybridized carbons (Fsp3) is 0.842. The third-order valence-corrected chi connectivity index (χ3v) is 3.78. The van der Waals surface area contributed by atoms with Gasteiger partial charge in [0.15, 0.2) is 0 Å². The van der Waals surface area contributed by atoms with E-state index in [9.17, 15) is 23.2 Å². The van der Waals surface area contributed by atoms with E-state index in [0.29, 0.717) is 0 Å². The second-order valence-corrected chi connectivity index (χ2v) is 9.59. The number of ether oxygens (including phenoxy) is 2. The molecule has 1 aliphatic rings. The Morgan fingerprint density at radius 3 is 1.93 bits per heavy atom. The van der Waals surface area contributed by atoms with Crippen LogP contribution in [0.3, 0.4) is 0 Å².